The summed E-state index contributed by atoms with van der Waals surface area (Å²) in [5.41, 5.74) is 1.01. The van der Waals surface area contributed by atoms with E-state index >= 15 is 0 Å². The Balaban J connectivity index is 2.13. The van der Waals surface area contributed by atoms with E-state index in [2.05, 4.69) is 4.98 Å². The Morgan fingerprint density at radius 3 is 2.92 bits per heavy atom. The molecule has 1 aliphatic rings. The van der Waals surface area contributed by atoms with Crippen LogP contribution in [0.2, 0.25) is 0 Å². The molecule has 1 aliphatic heterocycles. The fraction of sp³-hybridized carbons (Fsp3) is 0.375. The monoisotopic (exact) mass is 199 g/mol. The summed E-state index contributed by atoms with van der Waals surface area (Å²) < 4.78 is 21.0. The summed E-state index contributed by atoms with van der Waals surface area (Å²) >= 11 is 0. The quantitative estimate of drug-likeness (QED) is 0.648. The second-order valence-electron chi connectivity index (χ2n) is 2.77. The molecule has 0 saturated carbocycles. The molecule has 0 bridgehead atoms. The number of nitrogens with zero attached hydrogens (tertiary/aromatic N) is 1. The Kier molecular flexibility index (Phi) is 2.74. The molecule has 2 atom stereocenters. The van der Waals surface area contributed by atoms with Crippen LogP contribution in [0, 0.1) is 0 Å². The summed E-state index contributed by atoms with van der Waals surface area (Å²) in [7, 11) is -2.26. The summed E-state index contributed by atoms with van der Waals surface area (Å²) in [6.07, 6.45) is 4.06. The number of aromatic nitrogens is 1. The Hall–Kier alpha value is -0.700. The summed E-state index contributed by atoms with van der Waals surface area (Å²) in [4.78, 5) is 3.90. The largest absolute Gasteiger partial charge is 0.319 e. The highest BCUT2D eigenvalue weighted by molar-refractivity contribution is 7.33. The van der Waals surface area contributed by atoms with Gasteiger partial charge in [0.05, 0.1) is 12.7 Å². The predicted octanol–water partition coefficient (Wildman–Crippen LogP) is 1.95. The maximum Gasteiger partial charge on any atom is 0.319 e. The van der Waals surface area contributed by atoms with Crippen LogP contribution >= 0.6 is 8.25 Å². The normalized spacial score (nSPS) is 28.6. The summed E-state index contributed by atoms with van der Waals surface area (Å²) in [5.74, 6) is 0. The highest BCUT2D eigenvalue weighted by Crippen LogP contribution is 2.39. The first-order chi connectivity index (χ1) is 6.36. The van der Waals surface area contributed by atoms with Crippen LogP contribution in [0.3, 0.4) is 0 Å². The molecule has 70 valence electrons. The van der Waals surface area contributed by atoms with Crippen LogP contribution in [0.4, 0.5) is 0 Å². The zero-order valence-electron chi connectivity index (χ0n) is 6.97. The first-order valence-electron chi connectivity index (χ1n) is 4.09. The second-order valence-corrected chi connectivity index (χ2v) is 3.80. The van der Waals surface area contributed by atoms with Crippen molar-refractivity contribution in [2.45, 2.75) is 12.5 Å². The molecule has 1 saturated heterocycles. The summed E-state index contributed by atoms with van der Waals surface area (Å²) in [5, 5.41) is 0. The van der Waals surface area contributed by atoms with E-state index in [9.17, 15) is 4.57 Å². The van der Waals surface area contributed by atoms with E-state index in [0.717, 1.165) is 12.0 Å². The van der Waals surface area contributed by atoms with Gasteiger partial charge in [0.2, 0.25) is 0 Å². The second kappa shape index (κ2) is 4.01. The number of hydrogen-bond acceptors (Lipinski definition) is 4. The van der Waals surface area contributed by atoms with Crippen molar-refractivity contribution in [2.75, 3.05) is 6.61 Å². The minimum atomic E-state index is -2.26. The van der Waals surface area contributed by atoms with E-state index in [0.29, 0.717) is 6.61 Å². The Labute approximate surface area is 76.8 Å². The average molecular weight is 199 g/mol. The molecule has 1 aromatic rings. The molecule has 2 heterocycles. The number of pyridine rings is 1. The van der Waals surface area contributed by atoms with E-state index in [1.807, 2.05) is 12.1 Å². The lowest BCUT2D eigenvalue weighted by Gasteiger charge is -2.22. The highest BCUT2D eigenvalue weighted by atomic mass is 31.1. The van der Waals surface area contributed by atoms with Gasteiger partial charge in [-0.05, 0) is 17.7 Å². The molecule has 0 radical (unpaired) electrons. The van der Waals surface area contributed by atoms with Crippen molar-refractivity contribution in [3.63, 3.8) is 0 Å². The Morgan fingerprint density at radius 1 is 1.46 bits per heavy atom. The third kappa shape index (κ3) is 2.15. The van der Waals surface area contributed by atoms with Crippen LogP contribution in [0.1, 0.15) is 18.1 Å². The van der Waals surface area contributed by atoms with Gasteiger partial charge in [-0.1, -0.05) is 0 Å². The highest BCUT2D eigenvalue weighted by Gasteiger charge is 2.20. The predicted molar refractivity (Wildman–Crippen MR) is 47.6 cm³/mol. The average Bonchev–Trinajstić information content (AvgIpc) is 2.19. The van der Waals surface area contributed by atoms with E-state index in [1.165, 1.54) is 0 Å². The Morgan fingerprint density at radius 2 is 2.23 bits per heavy atom. The van der Waals surface area contributed by atoms with Crippen LogP contribution in [-0.4, -0.2) is 11.6 Å². The molecular weight excluding hydrogens is 189 g/mol. The zero-order valence-corrected chi connectivity index (χ0v) is 7.97. The first kappa shape index (κ1) is 8.88. The summed E-state index contributed by atoms with van der Waals surface area (Å²) in [6.45, 7) is 0.505. The van der Waals surface area contributed by atoms with E-state index in [4.69, 9.17) is 9.05 Å². The van der Waals surface area contributed by atoms with Crippen molar-refractivity contribution in [2.24, 2.45) is 0 Å². The molecule has 0 amide bonds. The van der Waals surface area contributed by atoms with Gasteiger partial charge in [0.15, 0.2) is 0 Å². The van der Waals surface area contributed by atoms with Crippen LogP contribution in [0.15, 0.2) is 24.5 Å². The lowest BCUT2D eigenvalue weighted by molar-refractivity contribution is 0.0968. The van der Waals surface area contributed by atoms with E-state index in [1.54, 1.807) is 12.4 Å². The van der Waals surface area contributed by atoms with Crippen molar-refractivity contribution in [3.05, 3.63) is 30.1 Å². The molecule has 4 nitrogen and oxygen atoms in total. The van der Waals surface area contributed by atoms with Crippen LogP contribution in [-0.2, 0) is 13.6 Å². The van der Waals surface area contributed by atoms with E-state index in [-0.39, 0.29) is 6.10 Å². The van der Waals surface area contributed by atoms with Crippen molar-refractivity contribution in [1.82, 2.24) is 4.98 Å². The molecule has 1 aromatic heterocycles. The van der Waals surface area contributed by atoms with Gasteiger partial charge < -0.3 is 9.05 Å². The fourth-order valence-electron chi connectivity index (χ4n) is 1.27. The van der Waals surface area contributed by atoms with Crippen LogP contribution in [0.25, 0.3) is 0 Å². The van der Waals surface area contributed by atoms with Gasteiger partial charge in [-0.15, -0.1) is 0 Å². The molecule has 0 aromatic carbocycles. The van der Waals surface area contributed by atoms with Crippen molar-refractivity contribution >= 4 is 8.25 Å². The van der Waals surface area contributed by atoms with Gasteiger partial charge in [0.1, 0.15) is 0 Å². The Bertz CT molecular complexity index is 304. The number of hydrogen-bond donors (Lipinski definition) is 0. The van der Waals surface area contributed by atoms with Gasteiger partial charge in [-0.3, -0.25) is 9.55 Å². The summed E-state index contributed by atoms with van der Waals surface area (Å²) in [6, 6.07) is 3.73. The molecule has 0 N–H and O–H groups in total. The molecule has 2 rings (SSSR count). The van der Waals surface area contributed by atoms with Gasteiger partial charge in [0, 0.05) is 18.8 Å². The lowest BCUT2D eigenvalue weighted by atomic mass is 10.1. The van der Waals surface area contributed by atoms with Crippen molar-refractivity contribution in [1.29, 1.82) is 0 Å². The van der Waals surface area contributed by atoms with E-state index < -0.39 is 8.25 Å². The molecule has 1 fully saturated rings. The minimum Gasteiger partial charge on any atom is -0.311 e. The fourth-order valence-corrected chi connectivity index (χ4v) is 2.11. The third-order valence-corrected chi connectivity index (χ3v) is 2.83. The van der Waals surface area contributed by atoms with Gasteiger partial charge >= 0.3 is 8.25 Å². The smallest absolute Gasteiger partial charge is 0.311 e. The zero-order chi connectivity index (χ0) is 9.10. The van der Waals surface area contributed by atoms with Crippen LogP contribution < -0.4 is 0 Å². The maximum atomic E-state index is 11.0. The van der Waals surface area contributed by atoms with Crippen molar-refractivity contribution < 1.29 is 13.6 Å². The number of rotatable bonds is 1. The van der Waals surface area contributed by atoms with Gasteiger partial charge in [-0.25, -0.2) is 0 Å². The molecule has 1 unspecified atom stereocenters. The van der Waals surface area contributed by atoms with Gasteiger partial charge in [-0.2, -0.15) is 0 Å². The standard InChI is InChI=1S/C8H10NO3P/c10-13-11-6-3-8(12-13)7-1-4-9-5-2-7/h1-2,4-5,8,13H,3,6H2/t8-/m0/s1. The first-order valence-corrected chi connectivity index (χ1v) is 5.32. The molecule has 13 heavy (non-hydrogen) atoms. The molecule has 0 aliphatic carbocycles. The molecular formula is C8H10NO3P. The SMILES string of the molecule is O=[PH]1OCC[C@@H](c2ccncc2)O1. The third-order valence-electron chi connectivity index (χ3n) is 1.92. The van der Waals surface area contributed by atoms with Crippen LogP contribution in [0.5, 0.6) is 0 Å². The topological polar surface area (TPSA) is 48.4 Å². The van der Waals surface area contributed by atoms with Gasteiger partial charge in [0.25, 0.3) is 0 Å². The maximum absolute atomic E-state index is 11.0. The molecule has 0 spiro atoms. The van der Waals surface area contributed by atoms with Crippen molar-refractivity contribution in [3.8, 4) is 0 Å². The lowest BCUT2D eigenvalue weighted by Crippen LogP contribution is -2.09. The molecule has 5 heteroatoms. The minimum absolute atomic E-state index is 0.0943.